The number of nitrogens with zero attached hydrogens (tertiary/aromatic N) is 2. The Hall–Kier alpha value is -0.680. The van der Waals surface area contributed by atoms with E-state index < -0.39 is 5.41 Å². The van der Waals surface area contributed by atoms with Crippen LogP contribution in [0.15, 0.2) is 0 Å². The Morgan fingerprint density at radius 3 is 2.75 bits per heavy atom. The fourth-order valence-electron chi connectivity index (χ4n) is 0.946. The fraction of sp³-hybridized carbons (Fsp3) is 0.700. The van der Waals surface area contributed by atoms with Gasteiger partial charge < -0.3 is 5.32 Å². The molecule has 1 amide bonds. The second-order valence-electron chi connectivity index (χ2n) is 4.22. The van der Waals surface area contributed by atoms with Crippen LogP contribution < -0.4 is 5.32 Å². The summed E-state index contributed by atoms with van der Waals surface area (Å²) in [6, 6.07) is 0. The van der Waals surface area contributed by atoms with Crippen LogP contribution in [0.3, 0.4) is 0 Å². The molecule has 0 aliphatic carbocycles. The van der Waals surface area contributed by atoms with E-state index >= 15 is 0 Å². The van der Waals surface area contributed by atoms with Gasteiger partial charge in [0.05, 0.1) is 5.41 Å². The quantitative estimate of drug-likeness (QED) is 0.829. The van der Waals surface area contributed by atoms with Crippen molar-refractivity contribution in [3.63, 3.8) is 0 Å². The number of carbonyl (C=O) groups excluding carboxylic acids is 1. The zero-order valence-corrected chi connectivity index (χ0v) is 11.3. The monoisotopic (exact) mass is 261 g/mol. The molecule has 0 saturated carbocycles. The molecular weight excluding hydrogens is 246 g/mol. The minimum absolute atomic E-state index is 0.123. The van der Waals surface area contributed by atoms with Crippen LogP contribution in [-0.4, -0.2) is 22.0 Å². The predicted octanol–water partition coefficient (Wildman–Crippen LogP) is 2.69. The van der Waals surface area contributed by atoms with E-state index in [0.717, 1.165) is 17.8 Å². The molecule has 1 aromatic heterocycles. The first-order valence-corrected chi connectivity index (χ1v) is 6.54. The van der Waals surface area contributed by atoms with Crippen LogP contribution in [0.2, 0.25) is 0 Å². The molecule has 0 radical (unpaired) electrons. The van der Waals surface area contributed by atoms with E-state index in [4.69, 9.17) is 11.6 Å². The average molecular weight is 262 g/mol. The van der Waals surface area contributed by atoms with Crippen LogP contribution in [0, 0.1) is 5.41 Å². The van der Waals surface area contributed by atoms with Gasteiger partial charge in [0, 0.05) is 12.3 Å². The Morgan fingerprint density at radius 2 is 2.19 bits per heavy atom. The van der Waals surface area contributed by atoms with E-state index in [-0.39, 0.29) is 11.8 Å². The standard InChI is InChI=1S/C10H16ClN3OS/c1-4-5-7-13-14-9(16-7)12-8(15)10(2,3)6-11/h4-6H2,1-3H3,(H,12,14,15). The topological polar surface area (TPSA) is 54.9 Å². The van der Waals surface area contributed by atoms with Crippen molar-refractivity contribution in [3.05, 3.63) is 5.01 Å². The van der Waals surface area contributed by atoms with E-state index in [1.165, 1.54) is 11.3 Å². The van der Waals surface area contributed by atoms with Gasteiger partial charge in [0.2, 0.25) is 11.0 Å². The normalized spacial score (nSPS) is 11.5. The highest BCUT2D eigenvalue weighted by Crippen LogP contribution is 2.22. The summed E-state index contributed by atoms with van der Waals surface area (Å²) in [6.07, 6.45) is 1.92. The van der Waals surface area contributed by atoms with Crippen LogP contribution >= 0.6 is 22.9 Å². The lowest BCUT2D eigenvalue weighted by atomic mass is 9.95. The van der Waals surface area contributed by atoms with E-state index in [1.807, 2.05) is 0 Å². The second-order valence-corrected chi connectivity index (χ2v) is 5.55. The van der Waals surface area contributed by atoms with Crippen LogP contribution in [0.1, 0.15) is 32.2 Å². The lowest BCUT2D eigenvalue weighted by Crippen LogP contribution is -2.32. The van der Waals surface area contributed by atoms with Gasteiger partial charge in [-0.3, -0.25) is 4.79 Å². The zero-order valence-electron chi connectivity index (χ0n) is 9.71. The summed E-state index contributed by atoms with van der Waals surface area (Å²) in [6.45, 7) is 5.67. The summed E-state index contributed by atoms with van der Waals surface area (Å²) >= 11 is 7.13. The van der Waals surface area contributed by atoms with Crippen molar-refractivity contribution < 1.29 is 4.79 Å². The number of hydrogen-bond acceptors (Lipinski definition) is 4. The van der Waals surface area contributed by atoms with Gasteiger partial charge in [-0.15, -0.1) is 21.8 Å². The van der Waals surface area contributed by atoms with Crippen molar-refractivity contribution in [1.82, 2.24) is 10.2 Å². The molecule has 0 aromatic carbocycles. The number of alkyl halides is 1. The highest BCUT2D eigenvalue weighted by atomic mass is 35.5. The van der Waals surface area contributed by atoms with Gasteiger partial charge in [0.1, 0.15) is 5.01 Å². The van der Waals surface area contributed by atoms with E-state index in [1.54, 1.807) is 13.8 Å². The number of rotatable bonds is 5. The fourth-order valence-corrected chi connectivity index (χ4v) is 1.90. The maximum atomic E-state index is 11.8. The van der Waals surface area contributed by atoms with Gasteiger partial charge in [-0.25, -0.2) is 0 Å². The molecule has 90 valence electrons. The van der Waals surface area contributed by atoms with Crippen molar-refractivity contribution in [2.45, 2.75) is 33.6 Å². The molecule has 0 saturated heterocycles. The number of halogens is 1. The first-order valence-electron chi connectivity index (χ1n) is 5.19. The largest absolute Gasteiger partial charge is 0.300 e. The third kappa shape index (κ3) is 3.42. The lowest BCUT2D eigenvalue weighted by Gasteiger charge is -2.18. The van der Waals surface area contributed by atoms with E-state index in [9.17, 15) is 4.79 Å². The third-order valence-corrected chi connectivity index (χ3v) is 3.67. The maximum Gasteiger partial charge on any atom is 0.233 e. The van der Waals surface area contributed by atoms with Crippen LogP contribution in [0.4, 0.5) is 5.13 Å². The molecule has 1 heterocycles. The number of hydrogen-bond donors (Lipinski definition) is 1. The summed E-state index contributed by atoms with van der Waals surface area (Å²) in [5.41, 5.74) is -0.585. The minimum Gasteiger partial charge on any atom is -0.300 e. The number of anilines is 1. The van der Waals surface area contributed by atoms with Gasteiger partial charge in [-0.2, -0.15) is 0 Å². The van der Waals surface area contributed by atoms with Crippen LogP contribution in [0.5, 0.6) is 0 Å². The summed E-state index contributed by atoms with van der Waals surface area (Å²) in [5, 5.41) is 12.1. The smallest absolute Gasteiger partial charge is 0.233 e. The SMILES string of the molecule is CCCc1nnc(NC(=O)C(C)(C)CCl)s1. The van der Waals surface area contributed by atoms with Crippen molar-refractivity contribution in [3.8, 4) is 0 Å². The summed E-state index contributed by atoms with van der Waals surface area (Å²) < 4.78 is 0. The second kappa shape index (κ2) is 5.59. The Bertz CT molecular complexity index is 365. The van der Waals surface area contributed by atoms with Crippen molar-refractivity contribution in [2.24, 2.45) is 5.41 Å². The molecule has 1 rings (SSSR count). The predicted molar refractivity (Wildman–Crippen MR) is 67.0 cm³/mol. The minimum atomic E-state index is -0.585. The summed E-state index contributed by atoms with van der Waals surface area (Å²) in [7, 11) is 0. The number of nitrogens with one attached hydrogen (secondary N) is 1. The summed E-state index contributed by atoms with van der Waals surface area (Å²) in [4.78, 5) is 11.8. The molecule has 0 aliphatic rings. The molecule has 0 fully saturated rings. The van der Waals surface area contributed by atoms with Crippen molar-refractivity contribution in [1.29, 1.82) is 0 Å². The van der Waals surface area contributed by atoms with Gasteiger partial charge in [-0.05, 0) is 20.3 Å². The molecule has 0 atom stereocenters. The molecule has 0 unspecified atom stereocenters. The molecular formula is C10H16ClN3OS. The lowest BCUT2D eigenvalue weighted by molar-refractivity contribution is -0.122. The van der Waals surface area contributed by atoms with Crippen molar-refractivity contribution in [2.75, 3.05) is 11.2 Å². The molecule has 0 bridgehead atoms. The number of amides is 1. The van der Waals surface area contributed by atoms with Crippen LogP contribution in [-0.2, 0) is 11.2 Å². The van der Waals surface area contributed by atoms with Crippen molar-refractivity contribution >= 4 is 34.0 Å². The Labute approximate surface area is 104 Å². The molecule has 6 heteroatoms. The number of aryl methyl sites for hydroxylation is 1. The van der Waals surface area contributed by atoms with Gasteiger partial charge >= 0.3 is 0 Å². The highest BCUT2D eigenvalue weighted by Gasteiger charge is 2.27. The molecule has 1 aromatic rings. The number of carbonyl (C=O) groups is 1. The molecule has 0 aliphatic heterocycles. The zero-order chi connectivity index (χ0) is 12.2. The first kappa shape index (κ1) is 13.4. The highest BCUT2D eigenvalue weighted by molar-refractivity contribution is 7.15. The molecule has 1 N–H and O–H groups in total. The average Bonchev–Trinajstić information content (AvgIpc) is 2.66. The van der Waals surface area contributed by atoms with E-state index in [0.29, 0.717) is 5.13 Å². The molecule has 0 spiro atoms. The first-order chi connectivity index (χ1) is 7.49. The number of aromatic nitrogens is 2. The Balaban J connectivity index is 2.63. The molecule has 16 heavy (non-hydrogen) atoms. The van der Waals surface area contributed by atoms with Crippen LogP contribution in [0.25, 0.3) is 0 Å². The Kier molecular flexibility index (Phi) is 4.68. The molecule has 4 nitrogen and oxygen atoms in total. The third-order valence-electron chi connectivity index (χ3n) is 2.10. The summed E-state index contributed by atoms with van der Waals surface area (Å²) in [5.74, 6) is 0.154. The van der Waals surface area contributed by atoms with Gasteiger partial charge in [0.25, 0.3) is 0 Å². The Morgan fingerprint density at radius 1 is 1.50 bits per heavy atom. The van der Waals surface area contributed by atoms with Gasteiger partial charge in [-0.1, -0.05) is 18.3 Å². The van der Waals surface area contributed by atoms with Gasteiger partial charge in [0.15, 0.2) is 0 Å². The van der Waals surface area contributed by atoms with E-state index in [2.05, 4.69) is 22.4 Å². The maximum absolute atomic E-state index is 11.8.